The van der Waals surface area contributed by atoms with Crippen molar-refractivity contribution in [2.75, 3.05) is 25.1 Å². The van der Waals surface area contributed by atoms with Crippen LogP contribution in [0, 0.1) is 16.7 Å². The van der Waals surface area contributed by atoms with E-state index in [1.807, 2.05) is 54.4 Å². The SMILES string of the molecule is C[N+]1=C(/C=C2/C(=O)C(/C=C3/N(CCO)c4ccccc4C3(C)C)=C2C(=C=N)C#N)C(C)(C)c2ccccc21. The quantitative estimate of drug-likeness (QED) is 0.264. The van der Waals surface area contributed by atoms with Crippen LogP contribution >= 0.6 is 0 Å². The highest BCUT2D eigenvalue weighted by Gasteiger charge is 2.46. The molecule has 0 saturated heterocycles. The second-order valence-electron chi connectivity index (χ2n) is 10.9. The summed E-state index contributed by atoms with van der Waals surface area (Å²) in [6, 6.07) is 18.3. The molecule has 2 N–H and O–H groups in total. The number of allylic oxidation sites excluding steroid dienone is 7. The largest absolute Gasteiger partial charge is 0.395 e. The first-order valence-electron chi connectivity index (χ1n) is 12.7. The van der Waals surface area contributed by atoms with Crippen LogP contribution in [0.4, 0.5) is 11.4 Å². The summed E-state index contributed by atoms with van der Waals surface area (Å²) < 4.78 is 2.09. The molecule has 0 atom stereocenters. The highest BCUT2D eigenvalue weighted by atomic mass is 16.3. The Morgan fingerprint density at radius 1 is 1.05 bits per heavy atom. The minimum absolute atomic E-state index is 0.0290. The van der Waals surface area contributed by atoms with Crippen LogP contribution in [0.2, 0.25) is 0 Å². The van der Waals surface area contributed by atoms with Crippen LogP contribution in [0.3, 0.4) is 0 Å². The van der Waals surface area contributed by atoms with E-state index < -0.39 is 5.41 Å². The molecule has 0 fully saturated rings. The lowest BCUT2D eigenvalue weighted by Gasteiger charge is -2.30. The Hall–Kier alpha value is -4.30. The predicted octanol–water partition coefficient (Wildman–Crippen LogP) is 4.87. The number of fused-ring (bicyclic) bond motifs is 2. The maximum Gasteiger partial charge on any atom is 0.209 e. The number of carbonyl (C=O) groups is 1. The molecule has 2 aromatic rings. The van der Waals surface area contributed by atoms with Crippen molar-refractivity contribution >= 4 is 28.7 Å². The van der Waals surface area contributed by atoms with Crippen LogP contribution < -0.4 is 4.90 Å². The van der Waals surface area contributed by atoms with Gasteiger partial charge in [-0.05, 0) is 37.4 Å². The zero-order valence-electron chi connectivity index (χ0n) is 22.4. The third-order valence-electron chi connectivity index (χ3n) is 8.14. The fraction of sp³-hybridized carbons (Fsp3) is 0.281. The summed E-state index contributed by atoms with van der Waals surface area (Å²) in [5.41, 5.74) is 6.69. The van der Waals surface area contributed by atoms with Crippen LogP contribution in [0.15, 0.2) is 88.7 Å². The Bertz CT molecular complexity index is 1620. The average molecular weight is 504 g/mol. The molecule has 0 bridgehead atoms. The highest BCUT2D eigenvalue weighted by molar-refractivity contribution is 6.27. The van der Waals surface area contributed by atoms with Crippen molar-refractivity contribution in [1.29, 1.82) is 10.7 Å². The van der Waals surface area contributed by atoms with E-state index in [4.69, 9.17) is 5.41 Å². The van der Waals surface area contributed by atoms with E-state index in [1.165, 1.54) is 5.56 Å². The molecule has 0 radical (unpaired) electrons. The molecule has 38 heavy (non-hydrogen) atoms. The summed E-state index contributed by atoms with van der Waals surface area (Å²) in [6.45, 7) is 8.77. The van der Waals surface area contributed by atoms with Crippen LogP contribution in [-0.2, 0) is 15.6 Å². The summed E-state index contributed by atoms with van der Waals surface area (Å²) in [5, 5.41) is 27.5. The standard InChI is InChI=1S/C32H31N4O2/c1-31(2)23-10-6-8-12-25(23)35(5)27(31)16-21-29(20(18-33)19-34)22(30(21)38)17-28-32(3,4)24-11-7-9-13-26(24)36(28)14-15-37/h6-13,16-17,33,37H,14-15H2,1-5H3/q+1. The van der Waals surface area contributed by atoms with E-state index in [2.05, 4.69) is 62.4 Å². The number of nitriles is 1. The van der Waals surface area contributed by atoms with Gasteiger partial charge in [-0.15, -0.1) is 0 Å². The Labute approximate surface area is 223 Å². The summed E-state index contributed by atoms with van der Waals surface area (Å²) in [7, 11) is 1.98. The number of anilines is 1. The maximum absolute atomic E-state index is 13.7. The average Bonchev–Trinajstić information content (AvgIpc) is 3.24. The van der Waals surface area contributed by atoms with Gasteiger partial charge in [0.2, 0.25) is 5.69 Å². The fourth-order valence-electron chi connectivity index (χ4n) is 6.12. The lowest BCUT2D eigenvalue weighted by Crippen LogP contribution is -2.32. The van der Waals surface area contributed by atoms with Gasteiger partial charge in [-0.25, -0.2) is 0 Å². The van der Waals surface area contributed by atoms with Crippen LogP contribution in [0.1, 0.15) is 38.8 Å². The third-order valence-corrected chi connectivity index (χ3v) is 8.14. The number of Topliss-reactive ketones (excluding diaryl/α,β-unsaturated/α-hetero) is 1. The Balaban J connectivity index is 1.69. The molecular formula is C32H31N4O2+. The number of aliphatic hydroxyl groups excluding tert-OH is 1. The molecule has 0 unspecified atom stereocenters. The number of nitrogens with zero attached hydrogens (tertiary/aromatic N) is 3. The lowest BCUT2D eigenvalue weighted by atomic mass is 9.73. The molecule has 3 aliphatic rings. The molecule has 6 heteroatoms. The van der Waals surface area contributed by atoms with Crippen molar-refractivity contribution in [3.63, 3.8) is 0 Å². The maximum atomic E-state index is 13.7. The van der Waals surface area contributed by atoms with Gasteiger partial charge in [0.25, 0.3) is 0 Å². The zero-order valence-corrected chi connectivity index (χ0v) is 22.4. The van der Waals surface area contributed by atoms with E-state index in [1.54, 1.807) is 0 Å². The highest BCUT2D eigenvalue weighted by Crippen LogP contribution is 2.49. The first-order valence-corrected chi connectivity index (χ1v) is 12.7. The van der Waals surface area contributed by atoms with Gasteiger partial charge in [0.1, 0.15) is 18.7 Å². The number of rotatable bonds is 5. The second-order valence-corrected chi connectivity index (χ2v) is 10.9. The number of β-amino-alcohol motifs (C(OH)–C–C–N with tert-alkyl or cyclic N) is 1. The number of hydrogen-bond acceptors (Lipinski definition) is 5. The summed E-state index contributed by atoms with van der Waals surface area (Å²) in [5.74, 6) is 2.09. The number of benzene rings is 2. The molecule has 0 spiro atoms. The number of aliphatic hydroxyl groups is 1. The van der Waals surface area contributed by atoms with Crippen LogP contribution in [0.25, 0.3) is 0 Å². The number of hydrogen-bond donors (Lipinski definition) is 2. The van der Waals surface area contributed by atoms with Crippen molar-refractivity contribution in [3.05, 3.63) is 99.8 Å². The number of nitrogens with one attached hydrogen (secondary N) is 1. The minimum Gasteiger partial charge on any atom is -0.395 e. The number of carbonyl (C=O) groups excluding carboxylic acids is 1. The van der Waals surface area contributed by atoms with Gasteiger partial charge in [0.15, 0.2) is 11.5 Å². The Kier molecular flexibility index (Phi) is 5.95. The van der Waals surface area contributed by atoms with Gasteiger partial charge < -0.3 is 10.0 Å². The van der Waals surface area contributed by atoms with Crippen molar-refractivity contribution < 1.29 is 14.5 Å². The first kappa shape index (κ1) is 25.4. The molecule has 2 aromatic carbocycles. The molecule has 5 rings (SSSR count). The summed E-state index contributed by atoms with van der Waals surface area (Å²) >= 11 is 0. The summed E-state index contributed by atoms with van der Waals surface area (Å²) in [4.78, 5) is 15.8. The molecule has 190 valence electrons. The normalized spacial score (nSPS) is 20.9. The van der Waals surface area contributed by atoms with Crippen LogP contribution in [-0.4, -0.2) is 47.2 Å². The Morgan fingerprint density at radius 3 is 2.34 bits per heavy atom. The van der Waals surface area contributed by atoms with Gasteiger partial charge in [-0.2, -0.15) is 9.84 Å². The van der Waals surface area contributed by atoms with Crippen molar-refractivity contribution in [2.24, 2.45) is 0 Å². The van der Waals surface area contributed by atoms with Gasteiger partial charge in [0.05, 0.1) is 12.0 Å². The Morgan fingerprint density at radius 2 is 1.71 bits per heavy atom. The van der Waals surface area contributed by atoms with Crippen molar-refractivity contribution in [3.8, 4) is 6.07 Å². The van der Waals surface area contributed by atoms with Gasteiger partial charge in [-0.1, -0.05) is 50.2 Å². The van der Waals surface area contributed by atoms with E-state index in [-0.39, 0.29) is 23.4 Å². The molecule has 0 aromatic heterocycles. The fourth-order valence-corrected chi connectivity index (χ4v) is 6.12. The van der Waals surface area contributed by atoms with E-state index >= 15 is 0 Å². The molecule has 0 amide bonds. The molecule has 1 aliphatic carbocycles. The summed E-state index contributed by atoms with van der Waals surface area (Å²) in [6.07, 6.45) is 3.71. The molecule has 2 aliphatic heterocycles. The smallest absolute Gasteiger partial charge is 0.209 e. The zero-order chi connectivity index (χ0) is 27.4. The number of ketones is 1. The monoisotopic (exact) mass is 503 g/mol. The molecule has 2 heterocycles. The van der Waals surface area contributed by atoms with Crippen molar-refractivity contribution in [1.82, 2.24) is 0 Å². The van der Waals surface area contributed by atoms with Gasteiger partial charge in [-0.3, -0.25) is 10.2 Å². The predicted molar refractivity (Wildman–Crippen MR) is 149 cm³/mol. The second kappa shape index (κ2) is 8.92. The molecular weight excluding hydrogens is 472 g/mol. The topological polar surface area (TPSA) is 91.2 Å². The van der Waals surface area contributed by atoms with E-state index in [0.717, 1.165) is 28.3 Å². The van der Waals surface area contributed by atoms with Crippen LogP contribution in [0.5, 0.6) is 0 Å². The van der Waals surface area contributed by atoms with Crippen molar-refractivity contribution in [2.45, 2.75) is 38.5 Å². The molecule has 0 saturated carbocycles. The lowest BCUT2D eigenvalue weighted by molar-refractivity contribution is -0.401. The van der Waals surface area contributed by atoms with E-state index in [9.17, 15) is 15.2 Å². The van der Waals surface area contributed by atoms with E-state index in [0.29, 0.717) is 23.3 Å². The van der Waals surface area contributed by atoms with Gasteiger partial charge in [0, 0.05) is 57.8 Å². The minimum atomic E-state index is -0.422. The first-order chi connectivity index (χ1) is 18.1. The third kappa shape index (κ3) is 3.48. The number of para-hydroxylation sites is 2. The molecule has 6 nitrogen and oxygen atoms in total. The van der Waals surface area contributed by atoms with Gasteiger partial charge >= 0.3 is 0 Å².